The first-order valence-electron chi connectivity index (χ1n) is 5.20. The first kappa shape index (κ1) is 11.9. The third-order valence-corrected chi connectivity index (χ3v) is 3.78. The highest BCUT2D eigenvalue weighted by atomic mass is 32.1. The van der Waals surface area contributed by atoms with Gasteiger partial charge < -0.3 is 4.42 Å². The Hall–Kier alpha value is -2.13. The highest BCUT2D eigenvalue weighted by Gasteiger charge is 2.16. The fourth-order valence-electron chi connectivity index (χ4n) is 1.37. The van der Waals surface area contributed by atoms with Gasteiger partial charge in [-0.15, -0.1) is 10.2 Å². The second-order valence-electron chi connectivity index (χ2n) is 3.57. The van der Waals surface area contributed by atoms with Crippen molar-refractivity contribution < 1.29 is 9.21 Å². The number of hydrogen-bond acceptors (Lipinski definition) is 8. The Bertz CT molecular complexity index is 703. The molecule has 0 aliphatic heterocycles. The monoisotopic (exact) mass is 293 g/mol. The number of carbonyl (C=O) groups excluding carboxylic acids is 1. The summed E-state index contributed by atoms with van der Waals surface area (Å²) in [4.78, 5) is 12.3. The topological polar surface area (TPSA) is 93.8 Å². The lowest BCUT2D eigenvalue weighted by Gasteiger charge is -1.96. The number of carbonyl (C=O) groups is 1. The minimum atomic E-state index is -0.354. The molecule has 0 unspecified atom stereocenters. The molecule has 0 atom stereocenters. The van der Waals surface area contributed by atoms with E-state index in [1.54, 1.807) is 6.92 Å². The van der Waals surface area contributed by atoms with E-state index in [4.69, 9.17) is 4.42 Å². The Morgan fingerprint density at radius 2 is 2.26 bits per heavy atom. The first-order valence-corrected chi connectivity index (χ1v) is 6.92. The highest BCUT2D eigenvalue weighted by Crippen LogP contribution is 2.22. The van der Waals surface area contributed by atoms with Crippen LogP contribution >= 0.6 is 22.9 Å². The lowest BCUT2D eigenvalue weighted by atomic mass is 10.3. The van der Waals surface area contributed by atoms with Crippen LogP contribution in [0.4, 0.5) is 6.01 Å². The van der Waals surface area contributed by atoms with Crippen LogP contribution in [-0.4, -0.2) is 25.7 Å². The van der Waals surface area contributed by atoms with Crippen molar-refractivity contribution in [2.24, 2.45) is 0 Å². The minimum absolute atomic E-state index is 0.0546. The van der Waals surface area contributed by atoms with E-state index in [1.165, 1.54) is 11.3 Å². The summed E-state index contributed by atoms with van der Waals surface area (Å²) in [6.07, 6.45) is 0. The van der Waals surface area contributed by atoms with Gasteiger partial charge in [-0.3, -0.25) is 10.1 Å². The van der Waals surface area contributed by atoms with Gasteiger partial charge in [-0.25, -0.2) is 0 Å². The van der Waals surface area contributed by atoms with Crippen LogP contribution < -0.4 is 5.32 Å². The third-order valence-electron chi connectivity index (χ3n) is 2.27. The Kier molecular flexibility index (Phi) is 3.05. The van der Waals surface area contributed by atoms with Crippen LogP contribution in [-0.2, 0) is 0 Å². The van der Waals surface area contributed by atoms with E-state index in [-0.39, 0.29) is 11.9 Å². The number of anilines is 1. The number of hydrogen-bond donors (Lipinski definition) is 1. The zero-order valence-corrected chi connectivity index (χ0v) is 11.3. The molecule has 1 N–H and O–H groups in total. The smallest absolute Gasteiger partial charge is 0.322 e. The average Bonchev–Trinajstić information content (AvgIpc) is 3.07. The molecular formula is C10H7N5O2S2. The van der Waals surface area contributed by atoms with Gasteiger partial charge in [0.15, 0.2) is 0 Å². The quantitative estimate of drug-likeness (QED) is 0.795. The van der Waals surface area contributed by atoms with Crippen molar-refractivity contribution in [2.45, 2.75) is 6.92 Å². The van der Waals surface area contributed by atoms with E-state index in [0.717, 1.165) is 17.1 Å². The van der Waals surface area contributed by atoms with E-state index < -0.39 is 0 Å². The minimum Gasteiger partial charge on any atom is -0.403 e. The molecule has 0 spiro atoms. The van der Waals surface area contributed by atoms with E-state index in [9.17, 15) is 4.79 Å². The highest BCUT2D eigenvalue weighted by molar-refractivity contribution is 7.08. The van der Waals surface area contributed by atoms with E-state index in [0.29, 0.717) is 16.5 Å². The summed E-state index contributed by atoms with van der Waals surface area (Å²) in [7, 11) is 0. The predicted octanol–water partition coefficient (Wildman–Crippen LogP) is 2.21. The van der Waals surface area contributed by atoms with Crippen molar-refractivity contribution in [1.29, 1.82) is 0 Å². The normalized spacial score (nSPS) is 10.6. The van der Waals surface area contributed by atoms with Crippen molar-refractivity contribution in [3.63, 3.8) is 0 Å². The number of aromatic nitrogens is 4. The van der Waals surface area contributed by atoms with Crippen LogP contribution in [0, 0.1) is 6.92 Å². The van der Waals surface area contributed by atoms with Crippen LogP contribution in [0.25, 0.3) is 11.5 Å². The van der Waals surface area contributed by atoms with Crippen molar-refractivity contribution in [2.75, 3.05) is 5.32 Å². The molecule has 9 heteroatoms. The van der Waals surface area contributed by atoms with Crippen molar-refractivity contribution in [1.82, 2.24) is 19.8 Å². The second kappa shape index (κ2) is 4.86. The fraction of sp³-hybridized carbons (Fsp3) is 0.100. The number of thiophene rings is 1. The molecular weight excluding hydrogens is 286 g/mol. The SMILES string of the molecule is Cc1nnsc1C(=O)Nc1nnc(-c2ccsc2)o1. The summed E-state index contributed by atoms with van der Waals surface area (Å²) < 4.78 is 9.05. The molecule has 0 bridgehead atoms. The van der Waals surface area contributed by atoms with Crippen molar-refractivity contribution >= 4 is 34.8 Å². The van der Waals surface area contributed by atoms with Gasteiger partial charge in [-0.1, -0.05) is 9.59 Å². The Morgan fingerprint density at radius 1 is 1.37 bits per heavy atom. The van der Waals surface area contributed by atoms with E-state index in [2.05, 4.69) is 25.1 Å². The summed E-state index contributed by atoms with van der Waals surface area (Å²) in [5, 5.41) is 17.7. The lowest BCUT2D eigenvalue weighted by molar-refractivity contribution is 0.102. The predicted molar refractivity (Wildman–Crippen MR) is 70.2 cm³/mol. The molecule has 1 amide bonds. The van der Waals surface area contributed by atoms with Gasteiger partial charge in [0.25, 0.3) is 11.8 Å². The maximum atomic E-state index is 11.9. The Balaban J connectivity index is 1.78. The summed E-state index contributed by atoms with van der Waals surface area (Å²) in [5.41, 5.74) is 1.40. The van der Waals surface area contributed by atoms with Crippen LogP contribution in [0.5, 0.6) is 0 Å². The van der Waals surface area contributed by atoms with Crippen molar-refractivity contribution in [3.05, 3.63) is 27.4 Å². The number of nitrogens with one attached hydrogen (secondary N) is 1. The van der Waals surface area contributed by atoms with Crippen molar-refractivity contribution in [3.8, 4) is 11.5 Å². The average molecular weight is 293 g/mol. The summed E-state index contributed by atoms with van der Waals surface area (Å²) in [6, 6.07) is 1.92. The Morgan fingerprint density at radius 3 is 2.95 bits per heavy atom. The molecule has 96 valence electrons. The van der Waals surface area contributed by atoms with Gasteiger partial charge in [0, 0.05) is 10.9 Å². The van der Waals surface area contributed by atoms with Gasteiger partial charge in [0.1, 0.15) is 4.88 Å². The maximum Gasteiger partial charge on any atom is 0.322 e. The Labute approximate surface area is 115 Å². The lowest BCUT2D eigenvalue weighted by Crippen LogP contribution is -2.11. The maximum absolute atomic E-state index is 11.9. The van der Waals surface area contributed by atoms with Gasteiger partial charge in [0.2, 0.25) is 0 Å². The van der Waals surface area contributed by atoms with Crippen LogP contribution in [0.2, 0.25) is 0 Å². The third kappa shape index (κ3) is 2.37. The second-order valence-corrected chi connectivity index (χ2v) is 5.10. The molecule has 0 saturated carbocycles. The molecule has 0 aliphatic carbocycles. The molecule has 3 heterocycles. The molecule has 0 saturated heterocycles. The van der Waals surface area contributed by atoms with Crippen LogP contribution in [0.15, 0.2) is 21.2 Å². The zero-order valence-electron chi connectivity index (χ0n) is 9.65. The fourth-order valence-corrected chi connectivity index (χ4v) is 2.55. The summed E-state index contributed by atoms with van der Waals surface area (Å²) in [6.45, 7) is 1.71. The molecule has 0 radical (unpaired) electrons. The number of nitrogens with zero attached hydrogens (tertiary/aromatic N) is 4. The largest absolute Gasteiger partial charge is 0.403 e. The van der Waals surface area contributed by atoms with Crippen LogP contribution in [0.1, 0.15) is 15.4 Å². The molecule has 3 rings (SSSR count). The van der Waals surface area contributed by atoms with E-state index in [1.807, 2.05) is 16.8 Å². The molecule has 0 aromatic carbocycles. The molecule has 3 aromatic rings. The summed E-state index contributed by atoms with van der Waals surface area (Å²) >= 11 is 2.55. The van der Waals surface area contributed by atoms with Gasteiger partial charge in [-0.05, 0) is 29.9 Å². The van der Waals surface area contributed by atoms with Gasteiger partial charge >= 0.3 is 6.01 Å². The van der Waals surface area contributed by atoms with Crippen LogP contribution in [0.3, 0.4) is 0 Å². The number of aryl methyl sites for hydroxylation is 1. The number of rotatable bonds is 3. The zero-order chi connectivity index (χ0) is 13.2. The van der Waals surface area contributed by atoms with E-state index >= 15 is 0 Å². The standard InChI is InChI=1S/C10H7N5O2S2/c1-5-7(19-15-12-5)8(16)11-10-14-13-9(17-10)6-2-3-18-4-6/h2-4H,1H3,(H,11,14,16). The van der Waals surface area contributed by atoms with Gasteiger partial charge in [-0.2, -0.15) is 11.3 Å². The summed E-state index contributed by atoms with van der Waals surface area (Å²) in [5.74, 6) is 0.0173. The molecule has 7 nitrogen and oxygen atoms in total. The first-order chi connectivity index (χ1) is 9.24. The van der Waals surface area contributed by atoms with Gasteiger partial charge in [0.05, 0.1) is 5.69 Å². The molecule has 19 heavy (non-hydrogen) atoms. The molecule has 3 aromatic heterocycles. The molecule has 0 aliphatic rings. The number of amides is 1. The molecule has 0 fully saturated rings.